The highest BCUT2D eigenvalue weighted by atomic mass is 16.5. The third-order valence-electron chi connectivity index (χ3n) is 9.94. The van der Waals surface area contributed by atoms with E-state index in [1.807, 2.05) is 61.8 Å². The first-order valence-electron chi connectivity index (χ1n) is 20.4. The monoisotopic (exact) mass is 755 g/mol. The molecule has 2 amide bonds. The lowest BCUT2D eigenvalue weighted by molar-refractivity contribution is -0.141. The van der Waals surface area contributed by atoms with Crippen molar-refractivity contribution in [3.05, 3.63) is 24.3 Å². The quantitative estimate of drug-likeness (QED) is 0.0527. The minimum atomic E-state index is -0.535. The number of nitrogens with zero attached hydrogens (tertiary/aromatic N) is 2. The summed E-state index contributed by atoms with van der Waals surface area (Å²) in [6.45, 7) is 9.48. The van der Waals surface area contributed by atoms with Gasteiger partial charge in [-0.2, -0.15) is 0 Å². The van der Waals surface area contributed by atoms with Crippen LogP contribution >= 0.6 is 0 Å². The molecule has 0 saturated carbocycles. The van der Waals surface area contributed by atoms with Gasteiger partial charge in [-0.3, -0.25) is 19.2 Å². The predicted molar refractivity (Wildman–Crippen MR) is 214 cm³/mol. The van der Waals surface area contributed by atoms with E-state index in [2.05, 4.69) is 33.2 Å². The summed E-state index contributed by atoms with van der Waals surface area (Å²) in [5.41, 5.74) is 0. The van der Waals surface area contributed by atoms with Gasteiger partial charge in [-0.15, -0.1) is 23.7 Å². The average Bonchev–Trinajstić information content (AvgIpc) is 3.71. The molecule has 0 aliphatic carbocycles. The number of aliphatic hydroxyl groups is 2. The molecule has 2 fully saturated rings. The van der Waals surface area contributed by atoms with Gasteiger partial charge < -0.3 is 29.5 Å². The van der Waals surface area contributed by atoms with Gasteiger partial charge in [0.05, 0.1) is 38.5 Å². The van der Waals surface area contributed by atoms with Crippen molar-refractivity contribution in [1.82, 2.24) is 9.80 Å². The molecule has 2 heterocycles. The summed E-state index contributed by atoms with van der Waals surface area (Å²) in [7, 11) is 2.82. The Balaban J connectivity index is 0.000000540. The summed E-state index contributed by atoms with van der Waals surface area (Å²) in [6, 6.07) is 0.160. The molecule has 6 atom stereocenters. The Kier molecular flexibility index (Phi) is 26.6. The van der Waals surface area contributed by atoms with E-state index in [1.54, 1.807) is 0 Å². The number of ether oxygens (including phenoxy) is 2. The smallest absolute Gasteiger partial charge is 0.305 e. The number of carbonyl (C=O) groups excluding carboxylic acids is 4. The zero-order chi connectivity index (χ0) is 40.1. The molecular weight excluding hydrogens is 684 g/mol. The lowest BCUT2D eigenvalue weighted by Gasteiger charge is -2.23. The molecule has 10 heteroatoms. The van der Waals surface area contributed by atoms with Crippen molar-refractivity contribution in [2.75, 3.05) is 27.3 Å². The van der Waals surface area contributed by atoms with Crippen molar-refractivity contribution >= 4 is 23.8 Å². The second-order valence-corrected chi connectivity index (χ2v) is 14.4. The second-order valence-electron chi connectivity index (χ2n) is 14.4. The van der Waals surface area contributed by atoms with Crippen LogP contribution in [0.25, 0.3) is 0 Å². The maximum atomic E-state index is 12.1. The average molecular weight is 755 g/mol. The van der Waals surface area contributed by atoms with Gasteiger partial charge in [-0.1, -0.05) is 77.7 Å². The van der Waals surface area contributed by atoms with E-state index >= 15 is 0 Å². The first kappa shape index (κ1) is 48.4. The number of amides is 2. The molecule has 0 spiro atoms. The first-order chi connectivity index (χ1) is 26.0. The summed E-state index contributed by atoms with van der Waals surface area (Å²) in [5.74, 6) is 12.4. The van der Waals surface area contributed by atoms with Gasteiger partial charge in [-0.25, -0.2) is 0 Å². The van der Waals surface area contributed by atoms with Crippen molar-refractivity contribution in [2.45, 2.75) is 168 Å². The number of esters is 2. The van der Waals surface area contributed by atoms with Crippen LogP contribution in [0, 0.1) is 35.5 Å². The van der Waals surface area contributed by atoms with E-state index in [0.717, 1.165) is 90.1 Å². The Morgan fingerprint density at radius 2 is 1.04 bits per heavy atom. The fourth-order valence-corrected chi connectivity index (χ4v) is 6.33. The van der Waals surface area contributed by atoms with Gasteiger partial charge in [-0.05, 0) is 50.4 Å². The van der Waals surface area contributed by atoms with Crippen molar-refractivity contribution in [3.63, 3.8) is 0 Å². The minimum absolute atomic E-state index is 0.0798. The summed E-state index contributed by atoms with van der Waals surface area (Å²) in [6.07, 6.45) is 20.7. The molecule has 2 aliphatic heterocycles. The molecular formula is C44H70N2O8. The normalized spacial score (nSPS) is 19.0. The van der Waals surface area contributed by atoms with Crippen LogP contribution in [0.3, 0.4) is 0 Å². The van der Waals surface area contributed by atoms with Crippen LogP contribution < -0.4 is 0 Å². The molecule has 2 saturated heterocycles. The number of aliphatic hydroxyl groups excluding tert-OH is 2. The molecule has 0 bridgehead atoms. The van der Waals surface area contributed by atoms with Crippen LogP contribution in [0.1, 0.15) is 143 Å². The Hall–Kier alpha value is -3.60. The SMILES string of the molecule is CCC#CCC(C)[C@@H](O)/C=C/[C@H]1CCC(=O)N1CCCCCCC(=O)OC.CCC#CCC(C)[C@H](O)/C=C/[C@H]1CCC(=O)N1CCCCCCC(=O)OC. The Labute approximate surface area is 326 Å². The first-order valence-corrected chi connectivity index (χ1v) is 20.4. The van der Waals surface area contributed by atoms with Gasteiger partial charge >= 0.3 is 11.9 Å². The third kappa shape index (κ3) is 20.7. The molecule has 2 unspecified atom stereocenters. The topological polar surface area (TPSA) is 134 Å². The molecule has 10 nitrogen and oxygen atoms in total. The van der Waals surface area contributed by atoms with Crippen LogP contribution in [-0.2, 0) is 28.7 Å². The highest BCUT2D eigenvalue weighted by molar-refractivity contribution is 5.79. The maximum absolute atomic E-state index is 12.1. The summed E-state index contributed by atoms with van der Waals surface area (Å²) >= 11 is 0. The van der Waals surface area contributed by atoms with Crippen LogP contribution in [0.5, 0.6) is 0 Å². The zero-order valence-corrected chi connectivity index (χ0v) is 34.2. The minimum Gasteiger partial charge on any atom is -0.469 e. The van der Waals surface area contributed by atoms with E-state index in [9.17, 15) is 29.4 Å². The van der Waals surface area contributed by atoms with E-state index in [-0.39, 0.29) is 47.7 Å². The Morgan fingerprint density at radius 3 is 1.39 bits per heavy atom. The lowest BCUT2D eigenvalue weighted by atomic mass is 10.00. The standard InChI is InChI=1S/2C22H35NO4/c2*1-4-5-8-11-18(2)20(24)15-13-19-14-16-21(25)23(19)17-10-7-6-9-12-22(26)27-3/h2*13,15,18-20,24H,4,6-7,9-12,14,16-17H2,1-3H3/b2*15-13+/t18?,19-,20+;18?,19-,20-/m00/s1. The van der Waals surface area contributed by atoms with Crippen LogP contribution in [0.15, 0.2) is 24.3 Å². The Bertz CT molecular complexity index is 1190. The van der Waals surface area contributed by atoms with E-state index in [0.29, 0.717) is 38.5 Å². The number of hydrogen-bond donors (Lipinski definition) is 2. The van der Waals surface area contributed by atoms with E-state index in [1.165, 1.54) is 14.2 Å². The molecule has 0 aromatic carbocycles. The van der Waals surface area contributed by atoms with Gasteiger partial charge in [0.25, 0.3) is 0 Å². The molecule has 2 N–H and O–H groups in total. The van der Waals surface area contributed by atoms with E-state index < -0.39 is 12.2 Å². The van der Waals surface area contributed by atoms with Gasteiger partial charge in [0.15, 0.2) is 0 Å². The number of methoxy groups -OCH3 is 2. The van der Waals surface area contributed by atoms with Crippen molar-refractivity contribution < 1.29 is 38.9 Å². The fraction of sp³-hybridized carbons (Fsp3) is 0.727. The number of hydrogen-bond acceptors (Lipinski definition) is 8. The molecule has 2 aliphatic rings. The van der Waals surface area contributed by atoms with Gasteiger partial charge in [0, 0.05) is 64.5 Å². The summed E-state index contributed by atoms with van der Waals surface area (Å²) < 4.78 is 9.26. The number of unbranched alkanes of at least 4 members (excludes halogenated alkanes) is 6. The highest BCUT2D eigenvalue weighted by Gasteiger charge is 2.30. The maximum Gasteiger partial charge on any atom is 0.305 e. The van der Waals surface area contributed by atoms with Crippen molar-refractivity contribution in [1.29, 1.82) is 0 Å². The van der Waals surface area contributed by atoms with E-state index in [4.69, 9.17) is 0 Å². The third-order valence-corrected chi connectivity index (χ3v) is 9.94. The fourth-order valence-electron chi connectivity index (χ4n) is 6.33. The lowest BCUT2D eigenvalue weighted by Crippen LogP contribution is -2.33. The predicted octanol–water partition coefficient (Wildman–Crippen LogP) is 6.92. The van der Waals surface area contributed by atoms with Gasteiger partial charge in [0.1, 0.15) is 0 Å². The van der Waals surface area contributed by atoms with Crippen LogP contribution in [0.2, 0.25) is 0 Å². The largest absolute Gasteiger partial charge is 0.469 e. The molecule has 0 aromatic heterocycles. The molecule has 54 heavy (non-hydrogen) atoms. The van der Waals surface area contributed by atoms with Crippen molar-refractivity contribution in [3.8, 4) is 23.7 Å². The highest BCUT2D eigenvalue weighted by Crippen LogP contribution is 2.23. The zero-order valence-electron chi connectivity index (χ0n) is 34.2. The van der Waals surface area contributed by atoms with Gasteiger partial charge in [0.2, 0.25) is 11.8 Å². The summed E-state index contributed by atoms with van der Waals surface area (Å²) in [5, 5.41) is 20.5. The number of rotatable bonds is 22. The van der Waals surface area contributed by atoms with Crippen molar-refractivity contribution in [2.24, 2.45) is 11.8 Å². The number of carbonyl (C=O) groups is 4. The molecule has 2 rings (SSSR count). The summed E-state index contributed by atoms with van der Waals surface area (Å²) in [4.78, 5) is 50.3. The molecule has 0 aromatic rings. The van der Waals surface area contributed by atoms with Crippen LogP contribution in [0.4, 0.5) is 0 Å². The Morgan fingerprint density at radius 1 is 0.667 bits per heavy atom. The van der Waals surface area contributed by atoms with Crippen LogP contribution in [-0.4, -0.2) is 95.4 Å². The number of likely N-dealkylation sites (tertiary alicyclic amines) is 2. The second kappa shape index (κ2) is 29.7. The molecule has 304 valence electrons. The molecule has 0 radical (unpaired) electrons.